The summed E-state index contributed by atoms with van der Waals surface area (Å²) in [5, 5.41) is 10.9. The van der Waals surface area contributed by atoms with Crippen LogP contribution in [0.1, 0.15) is 35.1 Å². The fourth-order valence-electron chi connectivity index (χ4n) is 2.65. The second kappa shape index (κ2) is 5.21. The van der Waals surface area contributed by atoms with Gasteiger partial charge >= 0.3 is 0 Å². The Labute approximate surface area is 130 Å². The van der Waals surface area contributed by atoms with Gasteiger partial charge in [-0.15, -0.1) is 0 Å². The highest BCUT2D eigenvalue weighted by Gasteiger charge is 2.29. The number of rotatable bonds is 3. The highest BCUT2D eigenvalue weighted by molar-refractivity contribution is 5.76. The molecule has 2 N–H and O–H groups in total. The number of nitrogens with zero attached hydrogens (tertiary/aromatic N) is 2. The number of hydrogen-bond donors (Lipinski definition) is 2. The zero-order valence-corrected chi connectivity index (χ0v) is 13.4. The molecule has 2 aromatic heterocycles. The number of pyridine rings is 1. The predicted octanol–water partition coefficient (Wildman–Crippen LogP) is 3.33. The summed E-state index contributed by atoms with van der Waals surface area (Å²) in [5.41, 5.74) is 5.10. The first-order valence-corrected chi connectivity index (χ1v) is 7.47. The number of aromatic amines is 1. The largest absolute Gasteiger partial charge is 0.382 e. The Bertz CT molecular complexity index is 833. The normalized spacial score (nSPS) is 14.2. The van der Waals surface area contributed by atoms with Crippen molar-refractivity contribution in [2.75, 3.05) is 0 Å². The molecule has 4 nitrogen and oxygen atoms in total. The number of aryl methyl sites for hydroxylation is 2. The van der Waals surface area contributed by atoms with Gasteiger partial charge in [-0.25, -0.2) is 4.98 Å². The van der Waals surface area contributed by atoms with Crippen molar-refractivity contribution in [1.29, 1.82) is 0 Å². The van der Waals surface area contributed by atoms with E-state index in [0.29, 0.717) is 12.2 Å². The maximum absolute atomic E-state index is 10.9. The lowest BCUT2D eigenvalue weighted by Gasteiger charge is -2.21. The van der Waals surface area contributed by atoms with Crippen LogP contribution < -0.4 is 0 Å². The molecular formula is C18H21N3O. The first-order valence-electron chi connectivity index (χ1n) is 7.47. The number of fused-ring (bicyclic) bond motifs is 1. The summed E-state index contributed by atoms with van der Waals surface area (Å²) in [6.07, 6.45) is 2.22. The number of benzene rings is 1. The van der Waals surface area contributed by atoms with Crippen molar-refractivity contribution in [2.45, 2.75) is 39.7 Å². The maximum Gasteiger partial charge on any atom is 0.139 e. The highest BCUT2D eigenvalue weighted by Crippen LogP contribution is 2.26. The smallest absolute Gasteiger partial charge is 0.139 e. The molecule has 0 aliphatic heterocycles. The van der Waals surface area contributed by atoms with Crippen LogP contribution in [0.4, 0.5) is 0 Å². The van der Waals surface area contributed by atoms with Gasteiger partial charge in [-0.2, -0.15) is 0 Å². The van der Waals surface area contributed by atoms with Gasteiger partial charge < -0.3 is 10.1 Å². The van der Waals surface area contributed by atoms with Crippen LogP contribution in [-0.4, -0.2) is 20.1 Å². The summed E-state index contributed by atoms with van der Waals surface area (Å²) in [6.45, 7) is 7.91. The highest BCUT2D eigenvalue weighted by atomic mass is 16.3. The number of aromatic nitrogens is 3. The van der Waals surface area contributed by atoms with Crippen molar-refractivity contribution in [3.05, 3.63) is 58.7 Å². The number of imidazole rings is 1. The van der Waals surface area contributed by atoms with Crippen LogP contribution >= 0.6 is 0 Å². The third-order valence-corrected chi connectivity index (χ3v) is 4.24. The maximum atomic E-state index is 10.9. The van der Waals surface area contributed by atoms with Gasteiger partial charge in [-0.3, -0.25) is 4.98 Å². The van der Waals surface area contributed by atoms with Crippen LogP contribution in [0.5, 0.6) is 0 Å². The minimum absolute atomic E-state index is 0.430. The van der Waals surface area contributed by atoms with Gasteiger partial charge in [0.05, 0.1) is 11.0 Å². The van der Waals surface area contributed by atoms with E-state index in [-0.39, 0.29) is 0 Å². The lowest BCUT2D eigenvalue weighted by atomic mass is 9.95. The SMILES string of the molecule is Cc1ccc2nc(C(C)(O)Cc3nccc(C)c3C)[nH]c2c1. The van der Waals surface area contributed by atoms with Crippen LogP contribution in [-0.2, 0) is 12.0 Å². The van der Waals surface area contributed by atoms with E-state index in [9.17, 15) is 5.11 Å². The van der Waals surface area contributed by atoms with Crippen molar-refractivity contribution in [3.8, 4) is 0 Å². The third kappa shape index (κ3) is 2.62. The molecule has 1 aromatic carbocycles. The molecule has 2 heterocycles. The molecule has 22 heavy (non-hydrogen) atoms. The molecule has 4 heteroatoms. The minimum atomic E-state index is -1.08. The summed E-state index contributed by atoms with van der Waals surface area (Å²) >= 11 is 0. The lowest BCUT2D eigenvalue weighted by molar-refractivity contribution is 0.0481. The zero-order valence-electron chi connectivity index (χ0n) is 13.4. The van der Waals surface area contributed by atoms with Crippen LogP contribution in [0.25, 0.3) is 11.0 Å². The van der Waals surface area contributed by atoms with Gasteiger partial charge in [0, 0.05) is 18.3 Å². The van der Waals surface area contributed by atoms with Crippen molar-refractivity contribution in [1.82, 2.24) is 15.0 Å². The van der Waals surface area contributed by atoms with Crippen LogP contribution in [0.15, 0.2) is 30.5 Å². The van der Waals surface area contributed by atoms with E-state index in [0.717, 1.165) is 22.3 Å². The van der Waals surface area contributed by atoms with Gasteiger partial charge in [0.25, 0.3) is 0 Å². The van der Waals surface area contributed by atoms with E-state index in [4.69, 9.17) is 0 Å². The molecule has 0 aliphatic rings. The predicted molar refractivity (Wildman–Crippen MR) is 87.8 cm³/mol. The Morgan fingerprint density at radius 1 is 1.18 bits per heavy atom. The van der Waals surface area contributed by atoms with Crippen molar-refractivity contribution >= 4 is 11.0 Å². The van der Waals surface area contributed by atoms with Gasteiger partial charge in [-0.05, 0) is 62.6 Å². The van der Waals surface area contributed by atoms with E-state index in [1.54, 1.807) is 13.1 Å². The molecule has 0 radical (unpaired) electrons. The summed E-state index contributed by atoms with van der Waals surface area (Å²) in [6, 6.07) is 8.01. The molecule has 0 aliphatic carbocycles. The fourth-order valence-corrected chi connectivity index (χ4v) is 2.65. The summed E-state index contributed by atoms with van der Waals surface area (Å²) in [7, 11) is 0. The molecule has 1 unspecified atom stereocenters. The Morgan fingerprint density at radius 2 is 1.95 bits per heavy atom. The molecule has 1 atom stereocenters. The van der Waals surface area contributed by atoms with Crippen molar-refractivity contribution in [2.24, 2.45) is 0 Å². The summed E-state index contributed by atoms with van der Waals surface area (Å²) < 4.78 is 0. The van der Waals surface area contributed by atoms with E-state index in [2.05, 4.69) is 21.9 Å². The van der Waals surface area contributed by atoms with Gasteiger partial charge in [0.1, 0.15) is 11.4 Å². The Kier molecular flexibility index (Phi) is 3.49. The van der Waals surface area contributed by atoms with E-state index < -0.39 is 5.60 Å². The van der Waals surface area contributed by atoms with Crippen molar-refractivity contribution in [3.63, 3.8) is 0 Å². The molecule has 0 saturated heterocycles. The number of hydrogen-bond acceptors (Lipinski definition) is 3. The fraction of sp³-hybridized carbons (Fsp3) is 0.333. The number of aliphatic hydroxyl groups is 1. The molecule has 114 valence electrons. The first kappa shape index (κ1) is 14.7. The van der Waals surface area contributed by atoms with E-state index in [1.165, 1.54) is 11.1 Å². The molecule has 3 rings (SSSR count). The summed E-state index contributed by atoms with van der Waals surface area (Å²) in [4.78, 5) is 12.2. The van der Waals surface area contributed by atoms with Crippen molar-refractivity contribution < 1.29 is 5.11 Å². The number of H-pyrrole nitrogens is 1. The standard InChI is InChI=1S/C18H21N3O/c1-11-5-6-14-15(9-11)21-17(20-14)18(4,22)10-16-13(3)12(2)7-8-19-16/h5-9,22H,10H2,1-4H3,(H,20,21). The average molecular weight is 295 g/mol. The monoisotopic (exact) mass is 295 g/mol. The zero-order chi connectivity index (χ0) is 15.9. The Balaban J connectivity index is 1.98. The van der Waals surface area contributed by atoms with E-state index >= 15 is 0 Å². The molecule has 0 fully saturated rings. The molecule has 0 amide bonds. The third-order valence-electron chi connectivity index (χ3n) is 4.24. The minimum Gasteiger partial charge on any atom is -0.382 e. The van der Waals surface area contributed by atoms with Gasteiger partial charge in [-0.1, -0.05) is 6.07 Å². The summed E-state index contributed by atoms with van der Waals surface area (Å²) in [5.74, 6) is 0.579. The van der Waals surface area contributed by atoms with Crippen LogP contribution in [0.2, 0.25) is 0 Å². The van der Waals surface area contributed by atoms with Gasteiger partial charge in [0.2, 0.25) is 0 Å². The molecular weight excluding hydrogens is 274 g/mol. The topological polar surface area (TPSA) is 61.8 Å². The molecule has 0 spiro atoms. The molecule has 0 bridgehead atoms. The molecule has 0 saturated carbocycles. The first-order chi connectivity index (χ1) is 10.4. The lowest BCUT2D eigenvalue weighted by Crippen LogP contribution is -2.27. The number of nitrogens with one attached hydrogen (secondary N) is 1. The van der Waals surface area contributed by atoms with Gasteiger partial charge in [0.15, 0.2) is 0 Å². The van der Waals surface area contributed by atoms with Crippen LogP contribution in [0.3, 0.4) is 0 Å². The van der Waals surface area contributed by atoms with Crippen LogP contribution in [0, 0.1) is 20.8 Å². The average Bonchev–Trinajstić information content (AvgIpc) is 2.87. The molecule has 3 aromatic rings. The van der Waals surface area contributed by atoms with E-state index in [1.807, 2.05) is 38.1 Å². The Morgan fingerprint density at radius 3 is 2.73 bits per heavy atom. The second-order valence-electron chi connectivity index (χ2n) is 6.26. The second-order valence-corrected chi connectivity index (χ2v) is 6.26. The Hall–Kier alpha value is -2.20. The quantitative estimate of drug-likeness (QED) is 0.779.